The first-order chi connectivity index (χ1) is 7.42. The summed E-state index contributed by atoms with van der Waals surface area (Å²) in [6.07, 6.45) is 0.689. The molecule has 1 rings (SSSR count). The standard InChI is InChI=1S/C11H21N3O2/c1-8(2)11(4,15)7-12-6-5-10-13-9(3)14-16-10/h8,12,15H,5-7H2,1-4H3. The lowest BCUT2D eigenvalue weighted by molar-refractivity contribution is 0.0144. The van der Waals surface area contributed by atoms with Crippen molar-refractivity contribution in [3.63, 3.8) is 0 Å². The number of aryl methyl sites for hydroxylation is 1. The molecule has 1 atom stereocenters. The molecule has 0 saturated heterocycles. The summed E-state index contributed by atoms with van der Waals surface area (Å²) in [5.41, 5.74) is -0.676. The lowest BCUT2D eigenvalue weighted by atomic mass is 9.92. The van der Waals surface area contributed by atoms with Crippen LogP contribution in [-0.2, 0) is 6.42 Å². The van der Waals surface area contributed by atoms with Crippen LogP contribution < -0.4 is 5.32 Å². The molecule has 0 aliphatic rings. The number of hydrogen-bond acceptors (Lipinski definition) is 5. The Bertz CT molecular complexity index is 321. The van der Waals surface area contributed by atoms with E-state index < -0.39 is 5.60 Å². The lowest BCUT2D eigenvalue weighted by Crippen LogP contribution is -2.42. The zero-order valence-electron chi connectivity index (χ0n) is 10.4. The van der Waals surface area contributed by atoms with Crippen molar-refractivity contribution in [2.45, 2.75) is 39.7 Å². The molecule has 0 aliphatic carbocycles. The normalized spacial score (nSPS) is 15.4. The Morgan fingerprint density at radius 3 is 2.69 bits per heavy atom. The molecule has 0 spiro atoms. The molecule has 0 fully saturated rings. The van der Waals surface area contributed by atoms with Crippen molar-refractivity contribution in [3.8, 4) is 0 Å². The van der Waals surface area contributed by atoms with Crippen molar-refractivity contribution in [3.05, 3.63) is 11.7 Å². The Kier molecular flexibility index (Phi) is 4.44. The van der Waals surface area contributed by atoms with Gasteiger partial charge in [-0.3, -0.25) is 0 Å². The minimum atomic E-state index is -0.676. The first-order valence-corrected chi connectivity index (χ1v) is 5.64. The summed E-state index contributed by atoms with van der Waals surface area (Å²) >= 11 is 0. The average Bonchev–Trinajstić information content (AvgIpc) is 2.59. The molecule has 1 aromatic rings. The molecule has 1 aromatic heterocycles. The third kappa shape index (κ3) is 3.90. The Morgan fingerprint density at radius 2 is 2.19 bits per heavy atom. The molecule has 0 amide bonds. The van der Waals surface area contributed by atoms with Crippen molar-refractivity contribution >= 4 is 0 Å². The van der Waals surface area contributed by atoms with Crippen LogP contribution in [0, 0.1) is 12.8 Å². The third-order valence-corrected chi connectivity index (χ3v) is 2.81. The zero-order chi connectivity index (χ0) is 12.2. The molecular formula is C11H21N3O2. The van der Waals surface area contributed by atoms with Gasteiger partial charge in [-0.25, -0.2) is 0 Å². The fraction of sp³-hybridized carbons (Fsp3) is 0.818. The van der Waals surface area contributed by atoms with Crippen molar-refractivity contribution in [1.29, 1.82) is 0 Å². The van der Waals surface area contributed by atoms with Crippen LogP contribution in [0.3, 0.4) is 0 Å². The summed E-state index contributed by atoms with van der Waals surface area (Å²) in [7, 11) is 0. The predicted octanol–water partition coefficient (Wildman–Crippen LogP) is 0.917. The van der Waals surface area contributed by atoms with E-state index in [9.17, 15) is 5.11 Å². The van der Waals surface area contributed by atoms with Crippen LogP contribution in [-0.4, -0.2) is 33.9 Å². The van der Waals surface area contributed by atoms with Gasteiger partial charge >= 0.3 is 0 Å². The fourth-order valence-corrected chi connectivity index (χ4v) is 1.18. The van der Waals surface area contributed by atoms with E-state index in [1.165, 1.54) is 0 Å². The first kappa shape index (κ1) is 13.1. The third-order valence-electron chi connectivity index (χ3n) is 2.81. The van der Waals surface area contributed by atoms with Crippen LogP contribution in [0.5, 0.6) is 0 Å². The molecular weight excluding hydrogens is 206 g/mol. The van der Waals surface area contributed by atoms with Crippen LogP contribution in [0.1, 0.15) is 32.5 Å². The topological polar surface area (TPSA) is 71.2 Å². The Balaban J connectivity index is 2.22. The summed E-state index contributed by atoms with van der Waals surface area (Å²) in [4.78, 5) is 4.10. The highest BCUT2D eigenvalue weighted by Gasteiger charge is 2.23. The van der Waals surface area contributed by atoms with Crippen molar-refractivity contribution in [2.75, 3.05) is 13.1 Å². The fourth-order valence-electron chi connectivity index (χ4n) is 1.18. The highest BCUT2D eigenvalue weighted by Crippen LogP contribution is 2.14. The average molecular weight is 227 g/mol. The SMILES string of the molecule is Cc1noc(CCNCC(C)(O)C(C)C)n1. The Labute approximate surface area is 96.2 Å². The lowest BCUT2D eigenvalue weighted by Gasteiger charge is -2.27. The molecule has 16 heavy (non-hydrogen) atoms. The second-order valence-electron chi connectivity index (χ2n) is 4.67. The molecule has 1 unspecified atom stereocenters. The molecule has 1 heterocycles. The van der Waals surface area contributed by atoms with Gasteiger partial charge in [-0.1, -0.05) is 19.0 Å². The van der Waals surface area contributed by atoms with Crippen LogP contribution >= 0.6 is 0 Å². The van der Waals surface area contributed by atoms with E-state index in [4.69, 9.17) is 4.52 Å². The number of nitrogens with zero attached hydrogens (tertiary/aromatic N) is 2. The number of aliphatic hydroxyl groups is 1. The van der Waals surface area contributed by atoms with Crippen molar-refractivity contribution < 1.29 is 9.63 Å². The van der Waals surface area contributed by atoms with E-state index >= 15 is 0 Å². The monoisotopic (exact) mass is 227 g/mol. The van der Waals surface area contributed by atoms with E-state index in [0.717, 1.165) is 6.54 Å². The maximum atomic E-state index is 9.98. The number of aromatic nitrogens is 2. The molecule has 2 N–H and O–H groups in total. The second-order valence-corrected chi connectivity index (χ2v) is 4.67. The molecule has 0 radical (unpaired) electrons. The molecule has 92 valence electrons. The molecule has 5 nitrogen and oxygen atoms in total. The molecule has 5 heteroatoms. The largest absolute Gasteiger partial charge is 0.389 e. The molecule has 0 saturated carbocycles. The zero-order valence-corrected chi connectivity index (χ0v) is 10.4. The Hall–Kier alpha value is -0.940. The van der Waals surface area contributed by atoms with Gasteiger partial charge in [0.2, 0.25) is 5.89 Å². The van der Waals surface area contributed by atoms with Gasteiger partial charge in [0.05, 0.1) is 5.60 Å². The second kappa shape index (κ2) is 5.41. The van der Waals surface area contributed by atoms with Gasteiger partial charge in [0, 0.05) is 19.5 Å². The van der Waals surface area contributed by atoms with E-state index in [1.807, 2.05) is 20.8 Å². The van der Waals surface area contributed by atoms with Crippen molar-refractivity contribution in [2.24, 2.45) is 5.92 Å². The smallest absolute Gasteiger partial charge is 0.227 e. The molecule has 0 bridgehead atoms. The van der Waals surface area contributed by atoms with Gasteiger partial charge in [-0.15, -0.1) is 0 Å². The summed E-state index contributed by atoms with van der Waals surface area (Å²) < 4.78 is 4.98. The van der Waals surface area contributed by atoms with E-state index in [1.54, 1.807) is 6.92 Å². The van der Waals surface area contributed by atoms with Crippen LogP contribution in [0.25, 0.3) is 0 Å². The quantitative estimate of drug-likeness (QED) is 0.707. The van der Waals surface area contributed by atoms with Gasteiger partial charge in [-0.2, -0.15) is 4.98 Å². The number of hydrogen-bond donors (Lipinski definition) is 2. The van der Waals surface area contributed by atoms with Gasteiger partial charge in [0.15, 0.2) is 5.82 Å². The molecule has 0 aromatic carbocycles. The van der Waals surface area contributed by atoms with Crippen LogP contribution in [0.15, 0.2) is 4.52 Å². The van der Waals surface area contributed by atoms with Gasteiger partial charge < -0.3 is 14.9 Å². The minimum Gasteiger partial charge on any atom is -0.389 e. The summed E-state index contributed by atoms with van der Waals surface area (Å²) in [6, 6.07) is 0. The summed E-state index contributed by atoms with van der Waals surface area (Å²) in [5, 5.41) is 16.9. The molecule has 0 aliphatic heterocycles. The maximum absolute atomic E-state index is 9.98. The Morgan fingerprint density at radius 1 is 1.50 bits per heavy atom. The van der Waals surface area contributed by atoms with Crippen LogP contribution in [0.2, 0.25) is 0 Å². The predicted molar refractivity (Wildman–Crippen MR) is 61.1 cm³/mol. The summed E-state index contributed by atoms with van der Waals surface area (Å²) in [5.74, 6) is 1.52. The van der Waals surface area contributed by atoms with Crippen molar-refractivity contribution in [1.82, 2.24) is 15.5 Å². The minimum absolute atomic E-state index is 0.227. The van der Waals surface area contributed by atoms with Gasteiger partial charge in [-0.05, 0) is 19.8 Å². The van der Waals surface area contributed by atoms with E-state index in [-0.39, 0.29) is 5.92 Å². The van der Waals surface area contributed by atoms with Crippen LogP contribution in [0.4, 0.5) is 0 Å². The van der Waals surface area contributed by atoms with E-state index in [0.29, 0.717) is 24.7 Å². The van der Waals surface area contributed by atoms with E-state index in [2.05, 4.69) is 15.5 Å². The number of rotatable bonds is 6. The number of nitrogens with one attached hydrogen (secondary N) is 1. The van der Waals surface area contributed by atoms with Gasteiger partial charge in [0.1, 0.15) is 0 Å². The first-order valence-electron chi connectivity index (χ1n) is 5.64. The maximum Gasteiger partial charge on any atom is 0.227 e. The van der Waals surface area contributed by atoms with Gasteiger partial charge in [0.25, 0.3) is 0 Å². The highest BCUT2D eigenvalue weighted by molar-refractivity contribution is 4.84. The summed E-state index contributed by atoms with van der Waals surface area (Å²) in [6.45, 7) is 8.93. The highest BCUT2D eigenvalue weighted by atomic mass is 16.5.